The maximum atomic E-state index is 12.1. The molecule has 0 radical (unpaired) electrons. The minimum Gasteiger partial charge on any atom is -0.343 e. The second kappa shape index (κ2) is 8.18. The van der Waals surface area contributed by atoms with E-state index in [4.69, 9.17) is 0 Å². The summed E-state index contributed by atoms with van der Waals surface area (Å²) in [5.74, 6) is 0.302. The van der Waals surface area contributed by atoms with Crippen LogP contribution in [-0.2, 0) is 11.2 Å². The highest BCUT2D eigenvalue weighted by molar-refractivity contribution is 5.76. The third-order valence-corrected chi connectivity index (χ3v) is 4.39. The Labute approximate surface area is 128 Å². The molecular weight excluding hydrogens is 260 g/mol. The molecule has 0 aromatic heterocycles. The van der Waals surface area contributed by atoms with Crippen molar-refractivity contribution in [1.29, 1.82) is 0 Å². The molecule has 1 amide bonds. The zero-order valence-electron chi connectivity index (χ0n) is 13.4. The molecule has 1 aliphatic rings. The van der Waals surface area contributed by atoms with Gasteiger partial charge >= 0.3 is 0 Å². The molecule has 1 aromatic rings. The van der Waals surface area contributed by atoms with E-state index in [2.05, 4.69) is 43.4 Å². The van der Waals surface area contributed by atoms with Crippen molar-refractivity contribution in [3.8, 4) is 0 Å². The molecule has 0 bridgehead atoms. The van der Waals surface area contributed by atoms with Gasteiger partial charge in [-0.3, -0.25) is 4.79 Å². The predicted molar refractivity (Wildman–Crippen MR) is 87.3 cm³/mol. The van der Waals surface area contributed by atoms with E-state index >= 15 is 0 Å². The van der Waals surface area contributed by atoms with Crippen LogP contribution in [0.15, 0.2) is 24.3 Å². The summed E-state index contributed by atoms with van der Waals surface area (Å²) in [5.41, 5.74) is 2.66. The number of carbonyl (C=O) groups excluding carboxylic acids is 1. The van der Waals surface area contributed by atoms with E-state index in [9.17, 15) is 4.79 Å². The largest absolute Gasteiger partial charge is 0.343 e. The molecule has 0 spiro atoms. The number of hydrogen-bond acceptors (Lipinski definition) is 2. The number of nitrogens with one attached hydrogen (secondary N) is 1. The van der Waals surface area contributed by atoms with Crippen LogP contribution in [0, 0.1) is 0 Å². The minimum absolute atomic E-state index is 0.296. The van der Waals surface area contributed by atoms with Crippen molar-refractivity contribution >= 4 is 5.91 Å². The lowest BCUT2D eigenvalue weighted by atomic mass is 10.0. The summed E-state index contributed by atoms with van der Waals surface area (Å²) in [5, 5.41) is 3.46. The summed E-state index contributed by atoms with van der Waals surface area (Å²) in [7, 11) is 0. The summed E-state index contributed by atoms with van der Waals surface area (Å²) in [4.78, 5) is 14.1. The van der Waals surface area contributed by atoms with Gasteiger partial charge in [0.05, 0.1) is 0 Å². The first-order valence-corrected chi connectivity index (χ1v) is 8.30. The molecular formula is C18H28N2O. The highest BCUT2D eigenvalue weighted by Crippen LogP contribution is 2.14. The SMILES string of the molecule is CCc1ccc(C(C)NCCC(=O)N2CCCCC2)cc1. The van der Waals surface area contributed by atoms with E-state index in [1.165, 1.54) is 30.4 Å². The van der Waals surface area contributed by atoms with Gasteiger partial charge in [-0.1, -0.05) is 31.2 Å². The van der Waals surface area contributed by atoms with Gasteiger partial charge in [-0.2, -0.15) is 0 Å². The Balaban J connectivity index is 1.72. The number of carbonyl (C=O) groups is 1. The number of amides is 1. The molecule has 0 saturated carbocycles. The van der Waals surface area contributed by atoms with Crippen LogP contribution in [-0.4, -0.2) is 30.4 Å². The molecule has 1 fully saturated rings. The summed E-state index contributed by atoms with van der Waals surface area (Å²) >= 11 is 0. The fourth-order valence-corrected chi connectivity index (χ4v) is 2.86. The van der Waals surface area contributed by atoms with Crippen molar-refractivity contribution < 1.29 is 4.79 Å². The van der Waals surface area contributed by atoms with E-state index in [-0.39, 0.29) is 0 Å². The molecule has 1 saturated heterocycles. The number of rotatable bonds is 6. The van der Waals surface area contributed by atoms with Crippen LogP contribution in [0.1, 0.15) is 56.7 Å². The average Bonchev–Trinajstić information content (AvgIpc) is 2.55. The quantitative estimate of drug-likeness (QED) is 0.871. The predicted octanol–water partition coefficient (Wildman–Crippen LogP) is 3.30. The summed E-state index contributed by atoms with van der Waals surface area (Å²) in [6.07, 6.45) is 5.29. The molecule has 21 heavy (non-hydrogen) atoms. The number of benzene rings is 1. The molecule has 1 heterocycles. The Morgan fingerprint density at radius 1 is 1.19 bits per heavy atom. The van der Waals surface area contributed by atoms with Crippen molar-refractivity contribution in [2.75, 3.05) is 19.6 Å². The smallest absolute Gasteiger partial charge is 0.223 e. The Morgan fingerprint density at radius 2 is 1.86 bits per heavy atom. The van der Waals surface area contributed by atoms with Crippen molar-refractivity contribution in [2.24, 2.45) is 0 Å². The first-order valence-electron chi connectivity index (χ1n) is 8.30. The summed E-state index contributed by atoms with van der Waals surface area (Å²) in [6.45, 7) is 6.99. The molecule has 1 aromatic carbocycles. The van der Waals surface area contributed by atoms with Crippen molar-refractivity contribution in [2.45, 2.75) is 52.0 Å². The van der Waals surface area contributed by atoms with Gasteiger partial charge in [0.15, 0.2) is 0 Å². The Bertz CT molecular complexity index is 435. The summed E-state index contributed by atoms with van der Waals surface area (Å²) in [6, 6.07) is 9.04. The van der Waals surface area contributed by atoms with Crippen molar-refractivity contribution in [1.82, 2.24) is 10.2 Å². The lowest BCUT2D eigenvalue weighted by Crippen LogP contribution is -2.37. The lowest BCUT2D eigenvalue weighted by molar-refractivity contribution is -0.132. The van der Waals surface area contributed by atoms with Crippen LogP contribution < -0.4 is 5.32 Å². The number of nitrogens with zero attached hydrogens (tertiary/aromatic N) is 1. The number of hydrogen-bond donors (Lipinski definition) is 1. The van der Waals surface area contributed by atoms with E-state index in [0.29, 0.717) is 18.4 Å². The van der Waals surface area contributed by atoms with Gasteiger partial charge in [0.1, 0.15) is 0 Å². The van der Waals surface area contributed by atoms with Gasteiger partial charge in [0.2, 0.25) is 5.91 Å². The molecule has 3 nitrogen and oxygen atoms in total. The van der Waals surface area contributed by atoms with Crippen LogP contribution in [0.5, 0.6) is 0 Å². The molecule has 1 atom stereocenters. The van der Waals surface area contributed by atoms with Crippen molar-refractivity contribution in [3.63, 3.8) is 0 Å². The number of aryl methyl sites for hydroxylation is 1. The highest BCUT2D eigenvalue weighted by atomic mass is 16.2. The fourth-order valence-electron chi connectivity index (χ4n) is 2.86. The molecule has 1 aliphatic heterocycles. The van der Waals surface area contributed by atoms with Gasteiger partial charge in [-0.25, -0.2) is 0 Å². The fraction of sp³-hybridized carbons (Fsp3) is 0.611. The molecule has 0 aliphatic carbocycles. The molecule has 2 rings (SSSR count). The monoisotopic (exact) mass is 288 g/mol. The normalized spacial score (nSPS) is 16.8. The molecule has 1 unspecified atom stereocenters. The standard InChI is InChI=1S/C18H28N2O/c1-3-16-7-9-17(10-8-16)15(2)19-12-11-18(21)20-13-5-4-6-14-20/h7-10,15,19H,3-6,11-14H2,1-2H3. The van der Waals surface area contributed by atoms with Crippen LogP contribution in [0.25, 0.3) is 0 Å². The first kappa shape index (κ1) is 16.0. The van der Waals surface area contributed by atoms with Gasteiger partial charge in [0, 0.05) is 32.1 Å². The zero-order valence-corrected chi connectivity index (χ0v) is 13.4. The molecule has 1 N–H and O–H groups in total. The second-order valence-corrected chi connectivity index (χ2v) is 5.96. The maximum Gasteiger partial charge on any atom is 0.223 e. The lowest BCUT2D eigenvalue weighted by Gasteiger charge is -2.27. The zero-order chi connectivity index (χ0) is 15.1. The van der Waals surface area contributed by atoms with Crippen LogP contribution in [0.2, 0.25) is 0 Å². The van der Waals surface area contributed by atoms with Crippen LogP contribution in [0.3, 0.4) is 0 Å². The van der Waals surface area contributed by atoms with Gasteiger partial charge in [0.25, 0.3) is 0 Å². The summed E-state index contributed by atoms with van der Waals surface area (Å²) < 4.78 is 0. The molecule has 3 heteroatoms. The topological polar surface area (TPSA) is 32.3 Å². The van der Waals surface area contributed by atoms with Crippen LogP contribution in [0.4, 0.5) is 0 Å². The Hall–Kier alpha value is -1.35. The van der Waals surface area contributed by atoms with E-state index in [0.717, 1.165) is 26.1 Å². The van der Waals surface area contributed by atoms with Gasteiger partial charge in [-0.15, -0.1) is 0 Å². The van der Waals surface area contributed by atoms with E-state index < -0.39 is 0 Å². The third-order valence-electron chi connectivity index (χ3n) is 4.39. The molecule has 116 valence electrons. The Kier molecular flexibility index (Phi) is 6.24. The van der Waals surface area contributed by atoms with Crippen LogP contribution >= 0.6 is 0 Å². The Morgan fingerprint density at radius 3 is 2.48 bits per heavy atom. The maximum absolute atomic E-state index is 12.1. The average molecular weight is 288 g/mol. The first-order chi connectivity index (χ1) is 10.2. The van der Waals surface area contributed by atoms with Gasteiger partial charge < -0.3 is 10.2 Å². The van der Waals surface area contributed by atoms with Crippen molar-refractivity contribution in [3.05, 3.63) is 35.4 Å². The minimum atomic E-state index is 0.296. The number of likely N-dealkylation sites (tertiary alicyclic amines) is 1. The van der Waals surface area contributed by atoms with Gasteiger partial charge in [-0.05, 0) is 43.7 Å². The second-order valence-electron chi connectivity index (χ2n) is 5.96. The number of piperidine rings is 1. The van der Waals surface area contributed by atoms with E-state index in [1.807, 2.05) is 4.90 Å². The highest BCUT2D eigenvalue weighted by Gasteiger charge is 2.16. The third kappa shape index (κ3) is 4.85. The van der Waals surface area contributed by atoms with E-state index in [1.54, 1.807) is 0 Å².